The first-order chi connectivity index (χ1) is 9.06. The predicted molar refractivity (Wildman–Crippen MR) is 79.5 cm³/mol. The van der Waals surface area contributed by atoms with E-state index in [2.05, 4.69) is 9.97 Å². The summed E-state index contributed by atoms with van der Waals surface area (Å²) in [7, 11) is 0. The Morgan fingerprint density at radius 3 is 2.32 bits per heavy atom. The lowest BCUT2D eigenvalue weighted by Crippen LogP contribution is -2.14. The van der Waals surface area contributed by atoms with Gasteiger partial charge in [0.1, 0.15) is 0 Å². The first-order valence-electron chi connectivity index (χ1n) is 7.19. The zero-order valence-electron chi connectivity index (χ0n) is 12.1. The van der Waals surface area contributed by atoms with E-state index in [0.29, 0.717) is 5.75 Å². The van der Waals surface area contributed by atoms with Crippen LogP contribution >= 0.6 is 11.8 Å². The van der Waals surface area contributed by atoms with Crippen molar-refractivity contribution in [2.24, 2.45) is 5.92 Å². The van der Waals surface area contributed by atoms with Crippen LogP contribution in [0.4, 0.5) is 0 Å². The van der Waals surface area contributed by atoms with Crippen LogP contribution in [0.15, 0.2) is 5.16 Å². The van der Waals surface area contributed by atoms with Gasteiger partial charge in [-0.2, -0.15) is 0 Å². The molecule has 0 saturated heterocycles. The predicted octanol–water partition coefficient (Wildman–Crippen LogP) is 3.44. The lowest BCUT2D eigenvalue weighted by atomic mass is 10.0. The molecule has 19 heavy (non-hydrogen) atoms. The number of aryl methyl sites for hydroxylation is 2. The van der Waals surface area contributed by atoms with Crippen molar-refractivity contribution in [1.29, 1.82) is 0 Å². The molecule has 1 atom stereocenters. The number of rotatable bonds is 5. The van der Waals surface area contributed by atoms with E-state index in [-0.39, 0.29) is 6.10 Å². The van der Waals surface area contributed by atoms with E-state index < -0.39 is 0 Å². The topological polar surface area (TPSA) is 46.0 Å². The Kier molecular flexibility index (Phi) is 5.22. The van der Waals surface area contributed by atoms with E-state index in [1.165, 1.54) is 25.7 Å². The number of hydrogen-bond donors (Lipinski definition) is 1. The summed E-state index contributed by atoms with van der Waals surface area (Å²) in [6.07, 6.45) is 5.98. The first kappa shape index (κ1) is 14.8. The smallest absolute Gasteiger partial charge is 0.188 e. The Morgan fingerprint density at radius 2 is 1.74 bits per heavy atom. The number of hydrogen-bond acceptors (Lipinski definition) is 4. The molecular weight excluding hydrogens is 256 g/mol. The molecule has 1 unspecified atom stereocenters. The number of nitrogens with zero attached hydrogens (tertiary/aromatic N) is 2. The molecule has 0 aliphatic heterocycles. The van der Waals surface area contributed by atoms with Gasteiger partial charge in [0, 0.05) is 17.1 Å². The minimum Gasteiger partial charge on any atom is -0.392 e. The summed E-state index contributed by atoms with van der Waals surface area (Å²) in [5.74, 6) is 1.44. The average Bonchev–Trinajstić information content (AvgIpc) is 2.86. The second-order valence-electron chi connectivity index (χ2n) is 5.65. The monoisotopic (exact) mass is 280 g/mol. The Morgan fingerprint density at radius 1 is 1.16 bits per heavy atom. The highest BCUT2D eigenvalue weighted by Crippen LogP contribution is 2.29. The van der Waals surface area contributed by atoms with Crippen molar-refractivity contribution in [2.75, 3.05) is 5.75 Å². The van der Waals surface area contributed by atoms with E-state index in [9.17, 15) is 5.11 Å². The molecule has 1 fully saturated rings. The van der Waals surface area contributed by atoms with Gasteiger partial charge in [-0.1, -0.05) is 37.4 Å². The number of aliphatic hydroxyl groups excluding tert-OH is 1. The first-order valence-corrected chi connectivity index (χ1v) is 8.17. The zero-order valence-corrected chi connectivity index (χ0v) is 13.0. The third-order valence-electron chi connectivity index (χ3n) is 4.10. The number of aromatic nitrogens is 2. The maximum atomic E-state index is 10.1. The van der Waals surface area contributed by atoms with Gasteiger partial charge in [0.25, 0.3) is 0 Å². The molecule has 3 nitrogen and oxygen atoms in total. The summed E-state index contributed by atoms with van der Waals surface area (Å²) in [5, 5.41) is 10.9. The molecule has 4 heteroatoms. The second-order valence-corrected chi connectivity index (χ2v) is 6.64. The van der Waals surface area contributed by atoms with Crippen LogP contribution in [0.5, 0.6) is 0 Å². The molecule has 1 aromatic heterocycles. The molecule has 1 N–H and O–H groups in total. The molecule has 1 heterocycles. The van der Waals surface area contributed by atoms with Gasteiger partial charge >= 0.3 is 0 Å². The summed E-state index contributed by atoms with van der Waals surface area (Å²) in [6.45, 7) is 6.08. The standard InChI is InChI=1S/C15H24N2OS/c1-10-11(2)16-15(17-12(10)3)19-9-14(18)8-13-6-4-5-7-13/h13-14,18H,4-9H2,1-3H3. The minimum absolute atomic E-state index is 0.224. The maximum Gasteiger partial charge on any atom is 0.188 e. The molecule has 1 aliphatic carbocycles. The van der Waals surface area contributed by atoms with Crippen LogP contribution in [0.1, 0.15) is 49.1 Å². The summed E-state index contributed by atoms with van der Waals surface area (Å²) in [6, 6.07) is 0. The van der Waals surface area contributed by atoms with Gasteiger partial charge in [-0.25, -0.2) is 9.97 Å². The second kappa shape index (κ2) is 6.71. The van der Waals surface area contributed by atoms with E-state index in [1.807, 2.05) is 20.8 Å². The largest absolute Gasteiger partial charge is 0.392 e. The van der Waals surface area contributed by atoms with Crippen molar-refractivity contribution < 1.29 is 5.11 Å². The molecule has 1 aliphatic rings. The highest BCUT2D eigenvalue weighted by atomic mass is 32.2. The minimum atomic E-state index is -0.224. The zero-order chi connectivity index (χ0) is 13.8. The highest BCUT2D eigenvalue weighted by molar-refractivity contribution is 7.99. The van der Waals surface area contributed by atoms with Crippen molar-refractivity contribution in [1.82, 2.24) is 9.97 Å². The average molecular weight is 280 g/mol. The van der Waals surface area contributed by atoms with Gasteiger partial charge in [-0.3, -0.25) is 0 Å². The molecule has 0 spiro atoms. The van der Waals surface area contributed by atoms with Crippen molar-refractivity contribution in [3.8, 4) is 0 Å². The van der Waals surface area contributed by atoms with Crippen LogP contribution in [0, 0.1) is 26.7 Å². The molecule has 0 bridgehead atoms. The fraction of sp³-hybridized carbons (Fsp3) is 0.733. The third-order valence-corrected chi connectivity index (χ3v) is 5.09. The molecule has 1 aromatic rings. The van der Waals surface area contributed by atoms with E-state index in [0.717, 1.165) is 34.4 Å². The van der Waals surface area contributed by atoms with Crippen LogP contribution in [-0.2, 0) is 0 Å². The maximum absolute atomic E-state index is 10.1. The van der Waals surface area contributed by atoms with E-state index in [1.54, 1.807) is 11.8 Å². The lowest BCUT2D eigenvalue weighted by molar-refractivity contribution is 0.165. The molecule has 0 radical (unpaired) electrons. The highest BCUT2D eigenvalue weighted by Gasteiger charge is 2.19. The van der Waals surface area contributed by atoms with Gasteiger partial charge < -0.3 is 5.11 Å². The molecule has 1 saturated carbocycles. The van der Waals surface area contributed by atoms with E-state index >= 15 is 0 Å². The Balaban J connectivity index is 1.84. The Bertz CT molecular complexity index is 407. The molecule has 0 aromatic carbocycles. The fourth-order valence-corrected chi connectivity index (χ4v) is 3.56. The number of thioether (sulfide) groups is 1. The van der Waals surface area contributed by atoms with Crippen LogP contribution in [0.3, 0.4) is 0 Å². The summed E-state index contributed by atoms with van der Waals surface area (Å²) >= 11 is 1.58. The van der Waals surface area contributed by atoms with Crippen LogP contribution in [0.25, 0.3) is 0 Å². The molecule has 106 valence electrons. The normalized spacial score (nSPS) is 17.9. The van der Waals surface area contributed by atoms with Crippen molar-refractivity contribution in [3.63, 3.8) is 0 Å². The van der Waals surface area contributed by atoms with E-state index in [4.69, 9.17) is 0 Å². The van der Waals surface area contributed by atoms with Gasteiger partial charge in [0.05, 0.1) is 6.10 Å². The van der Waals surface area contributed by atoms with Gasteiger partial charge in [-0.15, -0.1) is 0 Å². The quantitative estimate of drug-likeness (QED) is 0.663. The summed E-state index contributed by atoms with van der Waals surface area (Å²) in [4.78, 5) is 8.96. The SMILES string of the molecule is Cc1nc(SCC(O)CC2CCCC2)nc(C)c1C. The molecule has 0 amide bonds. The van der Waals surface area contributed by atoms with Gasteiger partial charge in [-0.05, 0) is 38.7 Å². The summed E-state index contributed by atoms with van der Waals surface area (Å²) < 4.78 is 0. The van der Waals surface area contributed by atoms with Crippen molar-refractivity contribution in [2.45, 2.75) is 64.1 Å². The number of aliphatic hydroxyl groups is 1. The van der Waals surface area contributed by atoms with Crippen LogP contribution < -0.4 is 0 Å². The van der Waals surface area contributed by atoms with Crippen molar-refractivity contribution >= 4 is 11.8 Å². The molecular formula is C15H24N2OS. The Hall–Kier alpha value is -0.610. The van der Waals surface area contributed by atoms with Gasteiger partial charge in [0.15, 0.2) is 5.16 Å². The fourth-order valence-electron chi connectivity index (χ4n) is 2.68. The molecule has 2 rings (SSSR count). The van der Waals surface area contributed by atoms with Crippen LogP contribution in [-0.4, -0.2) is 26.9 Å². The summed E-state index contributed by atoms with van der Waals surface area (Å²) in [5.41, 5.74) is 3.25. The third kappa shape index (κ3) is 4.18. The Labute approximate surface area is 120 Å². The lowest BCUT2D eigenvalue weighted by Gasteiger charge is -2.14. The van der Waals surface area contributed by atoms with Gasteiger partial charge in [0.2, 0.25) is 0 Å². The van der Waals surface area contributed by atoms with Crippen molar-refractivity contribution in [3.05, 3.63) is 17.0 Å². The van der Waals surface area contributed by atoms with Crippen LogP contribution in [0.2, 0.25) is 0 Å².